The van der Waals surface area contributed by atoms with E-state index in [-0.39, 0.29) is 5.82 Å². The Labute approximate surface area is 191 Å². The number of aryl methyl sites for hydroxylation is 3. The Morgan fingerprint density at radius 2 is 1.73 bits per heavy atom. The number of nitrogens with zero attached hydrogens (tertiary/aromatic N) is 4. The summed E-state index contributed by atoms with van der Waals surface area (Å²) in [7, 11) is 0. The van der Waals surface area contributed by atoms with Crippen molar-refractivity contribution >= 4 is 16.7 Å². The first-order valence-electron chi connectivity index (χ1n) is 10.8. The molecule has 1 N–H and O–H groups in total. The summed E-state index contributed by atoms with van der Waals surface area (Å²) >= 11 is 0. The van der Waals surface area contributed by atoms with Crippen LogP contribution in [0.25, 0.3) is 33.5 Å². The van der Waals surface area contributed by atoms with Crippen molar-refractivity contribution in [3.05, 3.63) is 83.7 Å². The van der Waals surface area contributed by atoms with Crippen molar-refractivity contribution in [1.82, 2.24) is 19.7 Å². The summed E-state index contributed by atoms with van der Waals surface area (Å²) in [6, 6.07) is 15.3. The Bertz CT molecular complexity index is 1440. The van der Waals surface area contributed by atoms with Crippen LogP contribution in [0.3, 0.4) is 0 Å². The molecule has 0 radical (unpaired) electrons. The number of hydrogen-bond donors (Lipinski definition) is 1. The molecule has 6 nitrogen and oxygen atoms in total. The van der Waals surface area contributed by atoms with E-state index in [1.807, 2.05) is 67.8 Å². The number of rotatable bonds is 6. The lowest BCUT2D eigenvalue weighted by Gasteiger charge is -2.11. The van der Waals surface area contributed by atoms with E-state index in [1.165, 1.54) is 6.07 Å². The molecular weight excluding hydrogens is 417 g/mol. The van der Waals surface area contributed by atoms with Gasteiger partial charge in [0, 0.05) is 46.9 Å². The van der Waals surface area contributed by atoms with Gasteiger partial charge in [0.15, 0.2) is 5.76 Å². The second-order valence-electron chi connectivity index (χ2n) is 8.19. The molecule has 0 aliphatic carbocycles. The van der Waals surface area contributed by atoms with E-state index < -0.39 is 0 Å². The topological polar surface area (TPSA) is 68.8 Å². The fourth-order valence-corrected chi connectivity index (χ4v) is 4.16. The van der Waals surface area contributed by atoms with Crippen LogP contribution in [0.5, 0.6) is 0 Å². The van der Waals surface area contributed by atoms with Crippen LogP contribution in [0.4, 0.5) is 10.2 Å². The summed E-state index contributed by atoms with van der Waals surface area (Å²) in [5.41, 5.74) is 6.52. The second-order valence-corrected chi connectivity index (χ2v) is 8.19. The lowest BCUT2D eigenvalue weighted by molar-refractivity contribution is 0.432. The van der Waals surface area contributed by atoms with Crippen molar-refractivity contribution in [2.45, 2.75) is 27.3 Å². The molecule has 5 aromatic rings. The minimum Gasteiger partial charge on any atom is -0.368 e. The molecular formula is C26H24FN5O. The van der Waals surface area contributed by atoms with Gasteiger partial charge in [-0.1, -0.05) is 35.5 Å². The van der Waals surface area contributed by atoms with Crippen LogP contribution in [0.15, 0.2) is 65.6 Å². The number of aromatic nitrogens is 4. The number of benzene rings is 2. The molecule has 0 atom stereocenters. The van der Waals surface area contributed by atoms with E-state index in [0.29, 0.717) is 18.6 Å². The molecule has 0 spiro atoms. The lowest BCUT2D eigenvalue weighted by Crippen LogP contribution is -2.13. The highest BCUT2D eigenvalue weighted by molar-refractivity contribution is 5.85. The fourth-order valence-electron chi connectivity index (χ4n) is 4.16. The minimum atomic E-state index is -0.197. The maximum Gasteiger partial charge on any atom is 0.169 e. The molecule has 0 saturated carbocycles. The number of nitrogens with one attached hydrogen (secondary N) is 1. The van der Waals surface area contributed by atoms with Crippen molar-refractivity contribution in [1.29, 1.82) is 0 Å². The highest BCUT2D eigenvalue weighted by Gasteiger charge is 2.12. The maximum absolute atomic E-state index is 14.5. The summed E-state index contributed by atoms with van der Waals surface area (Å²) in [6.45, 7) is 7.21. The summed E-state index contributed by atoms with van der Waals surface area (Å²) in [4.78, 5) is 8.75. The van der Waals surface area contributed by atoms with Crippen LogP contribution < -0.4 is 5.32 Å². The van der Waals surface area contributed by atoms with Gasteiger partial charge in [-0.2, -0.15) is 0 Å². The van der Waals surface area contributed by atoms with Crippen molar-refractivity contribution in [2.75, 3.05) is 11.9 Å². The van der Waals surface area contributed by atoms with Crippen molar-refractivity contribution in [2.24, 2.45) is 0 Å². The number of hydrogen-bond acceptors (Lipinski definition) is 5. The molecule has 5 rings (SSSR count). The molecule has 3 heterocycles. The SMILES string of the molecule is Cc1cnoc1-c1ccc(-c2cc(NCCn3c(C)cc4c(C)ccc(F)c43)ncn2)cc1. The van der Waals surface area contributed by atoms with Gasteiger partial charge in [-0.05, 0) is 38.5 Å². The molecule has 0 aliphatic rings. The summed E-state index contributed by atoms with van der Waals surface area (Å²) in [5.74, 6) is 1.30. The van der Waals surface area contributed by atoms with Gasteiger partial charge < -0.3 is 14.4 Å². The van der Waals surface area contributed by atoms with Crippen LogP contribution in [-0.2, 0) is 6.54 Å². The van der Waals surface area contributed by atoms with Gasteiger partial charge >= 0.3 is 0 Å². The van der Waals surface area contributed by atoms with Crippen molar-refractivity contribution in [3.63, 3.8) is 0 Å². The van der Waals surface area contributed by atoms with E-state index in [2.05, 4.69) is 20.4 Å². The summed E-state index contributed by atoms with van der Waals surface area (Å²) < 4.78 is 21.8. The Kier molecular flexibility index (Phi) is 5.38. The van der Waals surface area contributed by atoms with E-state index in [0.717, 1.165) is 50.6 Å². The third kappa shape index (κ3) is 3.98. The van der Waals surface area contributed by atoms with E-state index in [1.54, 1.807) is 12.5 Å². The van der Waals surface area contributed by atoms with Crippen LogP contribution in [0.1, 0.15) is 16.8 Å². The molecule has 0 unspecified atom stereocenters. The quantitative estimate of drug-likeness (QED) is 0.354. The third-order valence-corrected chi connectivity index (χ3v) is 5.93. The van der Waals surface area contributed by atoms with Crippen LogP contribution in [0, 0.1) is 26.6 Å². The molecule has 0 aliphatic heterocycles. The van der Waals surface area contributed by atoms with Crippen LogP contribution in [0.2, 0.25) is 0 Å². The monoisotopic (exact) mass is 441 g/mol. The largest absolute Gasteiger partial charge is 0.368 e. The molecule has 3 aromatic heterocycles. The minimum absolute atomic E-state index is 0.197. The molecule has 0 fully saturated rings. The zero-order chi connectivity index (χ0) is 22.9. The van der Waals surface area contributed by atoms with Gasteiger partial charge in [0.05, 0.1) is 17.4 Å². The van der Waals surface area contributed by atoms with Gasteiger partial charge in [-0.15, -0.1) is 0 Å². The van der Waals surface area contributed by atoms with Crippen LogP contribution in [-0.4, -0.2) is 26.2 Å². The normalized spacial score (nSPS) is 11.3. The molecule has 0 amide bonds. The standard InChI is InChI=1S/C26H24FN5O/c1-16-4-9-22(27)25-21(16)12-18(3)32(25)11-10-28-24-13-23(29-15-30-24)19-5-7-20(8-6-19)26-17(2)14-31-33-26/h4-9,12-15H,10-11H2,1-3H3,(H,28,29,30). The smallest absolute Gasteiger partial charge is 0.169 e. The Balaban J connectivity index is 1.31. The summed E-state index contributed by atoms with van der Waals surface area (Å²) in [5, 5.41) is 8.14. The second kappa shape index (κ2) is 8.50. The first kappa shape index (κ1) is 20.9. The van der Waals surface area contributed by atoms with Crippen molar-refractivity contribution in [3.8, 4) is 22.6 Å². The summed E-state index contributed by atoms with van der Waals surface area (Å²) in [6.07, 6.45) is 3.25. The highest BCUT2D eigenvalue weighted by Crippen LogP contribution is 2.27. The Morgan fingerprint density at radius 1 is 0.939 bits per heavy atom. The van der Waals surface area contributed by atoms with Crippen LogP contribution >= 0.6 is 0 Å². The predicted octanol–water partition coefficient (Wildman–Crippen LogP) is 5.93. The van der Waals surface area contributed by atoms with E-state index >= 15 is 0 Å². The number of fused-ring (bicyclic) bond motifs is 1. The molecule has 33 heavy (non-hydrogen) atoms. The van der Waals surface area contributed by atoms with E-state index in [9.17, 15) is 4.39 Å². The fraction of sp³-hybridized carbons (Fsp3) is 0.192. The zero-order valence-electron chi connectivity index (χ0n) is 18.8. The molecule has 166 valence electrons. The Hall–Kier alpha value is -4.00. The van der Waals surface area contributed by atoms with Crippen molar-refractivity contribution < 1.29 is 8.91 Å². The molecule has 2 aromatic carbocycles. The predicted molar refractivity (Wildman–Crippen MR) is 128 cm³/mol. The first-order chi connectivity index (χ1) is 16.0. The molecule has 7 heteroatoms. The van der Waals surface area contributed by atoms with Gasteiger partial charge in [0.25, 0.3) is 0 Å². The molecule has 0 saturated heterocycles. The molecule has 0 bridgehead atoms. The Morgan fingerprint density at radius 3 is 2.48 bits per heavy atom. The first-order valence-corrected chi connectivity index (χ1v) is 10.8. The van der Waals surface area contributed by atoms with E-state index in [4.69, 9.17) is 4.52 Å². The average Bonchev–Trinajstić information content (AvgIpc) is 3.40. The third-order valence-electron chi connectivity index (χ3n) is 5.93. The van der Waals surface area contributed by atoms with Gasteiger partial charge in [0.1, 0.15) is 18.0 Å². The van der Waals surface area contributed by atoms with Gasteiger partial charge in [0.2, 0.25) is 0 Å². The highest BCUT2D eigenvalue weighted by atomic mass is 19.1. The average molecular weight is 442 g/mol. The van der Waals surface area contributed by atoms with Gasteiger partial charge in [-0.25, -0.2) is 14.4 Å². The maximum atomic E-state index is 14.5. The number of anilines is 1. The lowest BCUT2D eigenvalue weighted by atomic mass is 10.1. The number of halogens is 1. The van der Waals surface area contributed by atoms with Gasteiger partial charge in [-0.3, -0.25) is 0 Å². The zero-order valence-corrected chi connectivity index (χ0v) is 18.8.